The van der Waals surface area contributed by atoms with Crippen LogP contribution in [0.5, 0.6) is 11.5 Å². The van der Waals surface area contributed by atoms with Crippen LogP contribution in [0.15, 0.2) is 18.2 Å². The summed E-state index contributed by atoms with van der Waals surface area (Å²) in [6, 6.07) is 6.12. The molecule has 0 fully saturated rings. The molecule has 1 heterocycles. The van der Waals surface area contributed by atoms with Gasteiger partial charge in [-0.1, -0.05) is 26.8 Å². The largest absolute Gasteiger partial charge is 0.576 e. The van der Waals surface area contributed by atoms with Crippen molar-refractivity contribution >= 4 is 7.69 Å². The molecule has 2 rings (SSSR count). The van der Waals surface area contributed by atoms with Crippen LogP contribution in [0.25, 0.3) is 0 Å². The van der Waals surface area contributed by atoms with Crippen LogP contribution < -0.4 is 9.31 Å². The molecule has 0 unspecified atom stereocenters. The minimum absolute atomic E-state index is 0.168. The van der Waals surface area contributed by atoms with Crippen molar-refractivity contribution in [3.63, 3.8) is 0 Å². The lowest BCUT2D eigenvalue weighted by Crippen LogP contribution is -2.10. The molecule has 0 N–H and O–H groups in total. The number of rotatable bonds is 0. The van der Waals surface area contributed by atoms with Crippen molar-refractivity contribution in [3.05, 3.63) is 23.8 Å². The topological polar surface area (TPSA) is 18.5 Å². The summed E-state index contributed by atoms with van der Waals surface area (Å²) in [6.07, 6.45) is 0. The van der Waals surface area contributed by atoms with E-state index in [0.717, 1.165) is 11.5 Å². The fourth-order valence-electron chi connectivity index (χ4n) is 1.36. The first-order valence-corrected chi connectivity index (χ1v) is 4.47. The van der Waals surface area contributed by atoms with E-state index in [9.17, 15) is 0 Å². The predicted octanol–water partition coefficient (Wildman–Crippen LogP) is 2.02. The zero-order valence-corrected chi connectivity index (χ0v) is 8.26. The lowest BCUT2D eigenvalue weighted by atomic mass is 9.87. The minimum Gasteiger partial charge on any atom is -0.526 e. The average Bonchev–Trinajstić information content (AvgIpc) is 2.47. The van der Waals surface area contributed by atoms with E-state index in [-0.39, 0.29) is 5.41 Å². The number of hydrogen-bond donors (Lipinski definition) is 0. The molecule has 1 aliphatic heterocycles. The molecule has 0 saturated carbocycles. The van der Waals surface area contributed by atoms with Crippen molar-refractivity contribution < 1.29 is 9.31 Å². The first kappa shape index (κ1) is 8.48. The van der Waals surface area contributed by atoms with Gasteiger partial charge in [0, 0.05) is 0 Å². The Balaban J connectivity index is 2.42. The quantitative estimate of drug-likeness (QED) is 0.563. The van der Waals surface area contributed by atoms with E-state index in [1.165, 1.54) is 5.56 Å². The summed E-state index contributed by atoms with van der Waals surface area (Å²) in [5.74, 6) is 1.72. The molecular formula is C10H13BO2. The summed E-state index contributed by atoms with van der Waals surface area (Å²) < 4.78 is 10.6. The second kappa shape index (κ2) is 2.69. The first-order valence-electron chi connectivity index (χ1n) is 4.47. The summed E-state index contributed by atoms with van der Waals surface area (Å²) >= 11 is 0. The molecule has 0 aromatic heterocycles. The van der Waals surface area contributed by atoms with Crippen molar-refractivity contribution in [2.45, 2.75) is 26.2 Å². The molecule has 13 heavy (non-hydrogen) atoms. The molecule has 0 aliphatic carbocycles. The number of benzene rings is 1. The van der Waals surface area contributed by atoms with Gasteiger partial charge in [0.25, 0.3) is 0 Å². The summed E-state index contributed by atoms with van der Waals surface area (Å²) in [4.78, 5) is 0. The second-order valence-corrected chi connectivity index (χ2v) is 4.32. The van der Waals surface area contributed by atoms with E-state index >= 15 is 0 Å². The molecule has 0 atom stereocenters. The molecule has 0 bridgehead atoms. The van der Waals surface area contributed by atoms with Gasteiger partial charge in [-0.05, 0) is 23.1 Å². The Labute approximate surface area is 79.2 Å². The second-order valence-electron chi connectivity index (χ2n) is 4.32. The molecule has 2 nitrogen and oxygen atoms in total. The van der Waals surface area contributed by atoms with Gasteiger partial charge in [0.2, 0.25) is 0 Å². The minimum atomic E-state index is 0.168. The highest BCUT2D eigenvalue weighted by molar-refractivity contribution is 6.22. The fourth-order valence-corrected chi connectivity index (χ4v) is 1.36. The van der Waals surface area contributed by atoms with Gasteiger partial charge in [-0.2, -0.15) is 0 Å². The van der Waals surface area contributed by atoms with Crippen LogP contribution in [0.1, 0.15) is 26.3 Å². The smallest absolute Gasteiger partial charge is 0.526 e. The Morgan fingerprint density at radius 3 is 2.46 bits per heavy atom. The molecule has 3 heteroatoms. The van der Waals surface area contributed by atoms with Crippen molar-refractivity contribution in [1.82, 2.24) is 0 Å². The van der Waals surface area contributed by atoms with Gasteiger partial charge in [0.1, 0.15) is 11.5 Å². The number of hydrogen-bond acceptors (Lipinski definition) is 2. The molecule has 1 aromatic rings. The van der Waals surface area contributed by atoms with Crippen LogP contribution in [-0.2, 0) is 5.41 Å². The molecule has 68 valence electrons. The molecule has 0 saturated heterocycles. The van der Waals surface area contributed by atoms with E-state index in [2.05, 4.69) is 32.9 Å². The standard InChI is InChI=1S/C10H13BO2/c1-10(2,3)7-4-5-8-9(6-7)13-11-12-8/h4-6,11H,1-3H3. The highest BCUT2D eigenvalue weighted by atomic mass is 16.6. The van der Waals surface area contributed by atoms with Gasteiger partial charge in [0.05, 0.1) is 0 Å². The Bertz CT molecular complexity index is 328. The maximum Gasteiger partial charge on any atom is 0.576 e. The fraction of sp³-hybridized carbons (Fsp3) is 0.400. The molecule has 1 aliphatic rings. The van der Waals surface area contributed by atoms with Crippen LogP contribution in [0.2, 0.25) is 0 Å². The van der Waals surface area contributed by atoms with Gasteiger partial charge in [-0.3, -0.25) is 0 Å². The molecule has 0 spiro atoms. The zero-order chi connectivity index (χ0) is 9.47. The maximum absolute atomic E-state index is 5.31. The van der Waals surface area contributed by atoms with E-state index < -0.39 is 0 Å². The van der Waals surface area contributed by atoms with Crippen molar-refractivity contribution in [3.8, 4) is 11.5 Å². The lowest BCUT2D eigenvalue weighted by Gasteiger charge is -2.19. The first-order chi connectivity index (χ1) is 6.07. The van der Waals surface area contributed by atoms with Crippen LogP contribution in [0.3, 0.4) is 0 Å². The van der Waals surface area contributed by atoms with Crippen LogP contribution >= 0.6 is 0 Å². The molecule has 1 aromatic carbocycles. The lowest BCUT2D eigenvalue weighted by molar-refractivity contribution is 0.540. The summed E-state index contributed by atoms with van der Waals surface area (Å²) in [6.45, 7) is 6.56. The van der Waals surface area contributed by atoms with Crippen molar-refractivity contribution in [1.29, 1.82) is 0 Å². The zero-order valence-electron chi connectivity index (χ0n) is 8.26. The third-order valence-electron chi connectivity index (χ3n) is 2.24. The normalized spacial score (nSPS) is 14.1. The molecular weight excluding hydrogens is 163 g/mol. The average molecular weight is 176 g/mol. The summed E-state index contributed by atoms with van der Waals surface area (Å²) in [5, 5.41) is 0. The Hall–Kier alpha value is -1.12. The summed E-state index contributed by atoms with van der Waals surface area (Å²) in [5.41, 5.74) is 1.44. The Morgan fingerprint density at radius 2 is 1.77 bits per heavy atom. The van der Waals surface area contributed by atoms with Crippen molar-refractivity contribution in [2.24, 2.45) is 0 Å². The third-order valence-corrected chi connectivity index (χ3v) is 2.24. The monoisotopic (exact) mass is 176 g/mol. The van der Waals surface area contributed by atoms with Gasteiger partial charge in [-0.15, -0.1) is 0 Å². The van der Waals surface area contributed by atoms with E-state index in [4.69, 9.17) is 9.31 Å². The Morgan fingerprint density at radius 1 is 1.08 bits per heavy atom. The highest BCUT2D eigenvalue weighted by Crippen LogP contribution is 2.35. The maximum atomic E-state index is 5.31. The third kappa shape index (κ3) is 1.51. The predicted molar refractivity (Wildman–Crippen MR) is 53.5 cm³/mol. The Kier molecular flexibility index (Phi) is 1.75. The van der Waals surface area contributed by atoms with Gasteiger partial charge in [0.15, 0.2) is 0 Å². The van der Waals surface area contributed by atoms with E-state index in [1.807, 2.05) is 6.07 Å². The van der Waals surface area contributed by atoms with Crippen LogP contribution in [0.4, 0.5) is 0 Å². The van der Waals surface area contributed by atoms with E-state index in [0.29, 0.717) is 7.69 Å². The van der Waals surface area contributed by atoms with Crippen molar-refractivity contribution in [2.75, 3.05) is 0 Å². The molecule has 0 amide bonds. The van der Waals surface area contributed by atoms with Gasteiger partial charge >= 0.3 is 7.69 Å². The molecule has 0 radical (unpaired) electrons. The van der Waals surface area contributed by atoms with Crippen LogP contribution in [-0.4, -0.2) is 7.69 Å². The SMILES string of the molecule is CC(C)(C)c1ccc2c(c1)OBO2. The highest BCUT2D eigenvalue weighted by Gasteiger charge is 2.20. The van der Waals surface area contributed by atoms with E-state index in [1.54, 1.807) is 0 Å². The van der Waals surface area contributed by atoms with Crippen LogP contribution in [0, 0.1) is 0 Å². The van der Waals surface area contributed by atoms with Gasteiger partial charge in [-0.25, -0.2) is 0 Å². The number of fused-ring (bicyclic) bond motifs is 1. The van der Waals surface area contributed by atoms with Gasteiger partial charge < -0.3 is 9.31 Å². The summed E-state index contributed by atoms with van der Waals surface area (Å²) in [7, 11) is 0.350.